The number of hydrogen-bond donors (Lipinski definition) is 1. The molecular weight excluding hydrogens is 515 g/mol. The predicted octanol–water partition coefficient (Wildman–Crippen LogP) is 3.69. The summed E-state index contributed by atoms with van der Waals surface area (Å²) in [5.74, 6) is 2.18. The Balaban J connectivity index is 0.00000256. The Morgan fingerprint density at radius 2 is 2.00 bits per heavy atom. The smallest absolute Gasteiger partial charge is 0.228 e. The van der Waals surface area contributed by atoms with Gasteiger partial charge in [-0.2, -0.15) is 4.98 Å². The Bertz CT molecular complexity index is 821. The number of guanidine groups is 1. The number of nitrogens with one attached hydrogen (secondary N) is 1. The lowest BCUT2D eigenvalue weighted by Gasteiger charge is -2.25. The van der Waals surface area contributed by atoms with Crippen molar-refractivity contribution in [1.82, 2.24) is 25.3 Å². The fraction of sp³-hybridized carbons (Fsp3) is 0.571. The third-order valence-electron chi connectivity index (χ3n) is 5.61. The summed E-state index contributed by atoms with van der Waals surface area (Å²) in [6.45, 7) is 8.22. The van der Waals surface area contributed by atoms with Gasteiger partial charge in [0.15, 0.2) is 5.96 Å². The SMILES string of the molecule is CCNC(=NCCc1nc(-c2ccc(Cl)cc2)no1)N1CCC(N2CCCC2)C1.I. The first-order chi connectivity index (χ1) is 14.2. The summed E-state index contributed by atoms with van der Waals surface area (Å²) in [5.41, 5.74) is 0.895. The molecule has 0 amide bonds. The number of nitrogens with zero attached hydrogens (tertiary/aromatic N) is 5. The fourth-order valence-electron chi connectivity index (χ4n) is 4.09. The molecule has 1 unspecified atom stereocenters. The number of likely N-dealkylation sites (tertiary alicyclic amines) is 2. The molecule has 2 saturated heterocycles. The first-order valence-corrected chi connectivity index (χ1v) is 11.0. The van der Waals surface area contributed by atoms with Gasteiger partial charge in [-0.1, -0.05) is 16.8 Å². The monoisotopic (exact) mass is 544 g/mol. The molecule has 2 aliphatic rings. The Hall–Kier alpha value is -1.39. The van der Waals surface area contributed by atoms with Crippen LogP contribution in [0.5, 0.6) is 0 Å². The third-order valence-corrected chi connectivity index (χ3v) is 5.86. The van der Waals surface area contributed by atoms with E-state index in [1.807, 2.05) is 24.3 Å². The van der Waals surface area contributed by atoms with Crippen LogP contribution >= 0.6 is 35.6 Å². The Kier molecular flexibility index (Phi) is 8.76. The van der Waals surface area contributed by atoms with Gasteiger partial charge in [0.2, 0.25) is 11.7 Å². The van der Waals surface area contributed by atoms with Crippen LogP contribution in [0.4, 0.5) is 0 Å². The average Bonchev–Trinajstić information content (AvgIpc) is 3.48. The van der Waals surface area contributed by atoms with Crippen molar-refractivity contribution in [3.05, 3.63) is 35.2 Å². The van der Waals surface area contributed by atoms with E-state index in [2.05, 4.69) is 32.2 Å². The van der Waals surface area contributed by atoms with Crippen molar-refractivity contribution in [2.75, 3.05) is 39.3 Å². The maximum Gasteiger partial charge on any atom is 0.228 e. The van der Waals surface area contributed by atoms with Crippen LogP contribution < -0.4 is 5.32 Å². The van der Waals surface area contributed by atoms with Crippen molar-refractivity contribution >= 4 is 41.5 Å². The number of hydrogen-bond acceptors (Lipinski definition) is 5. The summed E-state index contributed by atoms with van der Waals surface area (Å²) >= 11 is 5.94. The quantitative estimate of drug-likeness (QED) is 0.340. The van der Waals surface area contributed by atoms with Crippen LogP contribution in [0.15, 0.2) is 33.8 Å². The number of halogens is 2. The van der Waals surface area contributed by atoms with Gasteiger partial charge in [-0.25, -0.2) is 0 Å². The summed E-state index contributed by atoms with van der Waals surface area (Å²) in [6.07, 6.45) is 4.52. The maximum absolute atomic E-state index is 5.94. The molecule has 9 heteroatoms. The second-order valence-corrected chi connectivity index (χ2v) is 8.07. The molecule has 164 valence electrons. The second kappa shape index (κ2) is 11.3. The molecule has 0 radical (unpaired) electrons. The highest BCUT2D eigenvalue weighted by atomic mass is 127. The van der Waals surface area contributed by atoms with Crippen molar-refractivity contribution in [3.63, 3.8) is 0 Å². The highest BCUT2D eigenvalue weighted by Gasteiger charge is 2.30. The molecule has 1 aromatic carbocycles. The van der Waals surface area contributed by atoms with Crippen LogP contribution in [-0.2, 0) is 6.42 Å². The van der Waals surface area contributed by atoms with Gasteiger partial charge in [0.25, 0.3) is 0 Å². The van der Waals surface area contributed by atoms with Crippen LogP contribution in [-0.4, -0.2) is 71.2 Å². The molecule has 2 aliphatic heterocycles. The van der Waals surface area contributed by atoms with Crippen molar-refractivity contribution in [3.8, 4) is 11.4 Å². The molecular formula is C21H30ClIN6O. The van der Waals surface area contributed by atoms with E-state index in [0.717, 1.165) is 31.2 Å². The standard InChI is InChI=1S/C21H29ClN6O.HI/c1-2-23-21(28-14-10-18(15-28)27-12-3-4-13-27)24-11-9-19-25-20(26-29-19)16-5-7-17(22)8-6-16;/h5-8,18H,2-4,9-15H2,1H3,(H,23,24);1H. The molecule has 0 bridgehead atoms. The molecule has 0 spiro atoms. The number of rotatable bonds is 6. The minimum absolute atomic E-state index is 0. The minimum atomic E-state index is 0. The van der Waals surface area contributed by atoms with Gasteiger partial charge in [-0.05, 0) is 63.5 Å². The summed E-state index contributed by atoms with van der Waals surface area (Å²) in [6, 6.07) is 8.10. The molecule has 0 aliphatic carbocycles. The van der Waals surface area contributed by atoms with Crippen LogP contribution in [0.3, 0.4) is 0 Å². The fourth-order valence-corrected chi connectivity index (χ4v) is 4.22. The Morgan fingerprint density at radius 3 is 2.73 bits per heavy atom. The zero-order chi connectivity index (χ0) is 20.1. The van der Waals surface area contributed by atoms with Crippen LogP contribution in [0, 0.1) is 0 Å². The molecule has 0 saturated carbocycles. The summed E-state index contributed by atoms with van der Waals surface area (Å²) in [7, 11) is 0. The summed E-state index contributed by atoms with van der Waals surface area (Å²) in [5, 5.41) is 8.20. The molecule has 1 aromatic heterocycles. The lowest BCUT2D eigenvalue weighted by molar-refractivity contribution is 0.249. The molecule has 7 nitrogen and oxygen atoms in total. The lowest BCUT2D eigenvalue weighted by atomic mass is 10.2. The predicted molar refractivity (Wildman–Crippen MR) is 131 cm³/mol. The van der Waals surface area contributed by atoms with Crippen LogP contribution in [0.1, 0.15) is 32.1 Å². The van der Waals surface area contributed by atoms with Gasteiger partial charge in [-0.3, -0.25) is 9.89 Å². The molecule has 2 aromatic rings. The van der Waals surface area contributed by atoms with E-state index in [4.69, 9.17) is 21.1 Å². The van der Waals surface area contributed by atoms with Crippen molar-refractivity contribution in [2.45, 2.75) is 38.6 Å². The largest absolute Gasteiger partial charge is 0.357 e. The molecule has 4 rings (SSSR count). The molecule has 3 heterocycles. The lowest BCUT2D eigenvalue weighted by Crippen LogP contribution is -2.42. The van der Waals surface area contributed by atoms with E-state index >= 15 is 0 Å². The van der Waals surface area contributed by atoms with E-state index in [0.29, 0.717) is 35.7 Å². The van der Waals surface area contributed by atoms with E-state index in [1.54, 1.807) is 0 Å². The van der Waals surface area contributed by atoms with Gasteiger partial charge in [0.1, 0.15) is 0 Å². The van der Waals surface area contributed by atoms with E-state index in [1.165, 1.54) is 32.4 Å². The highest BCUT2D eigenvalue weighted by Crippen LogP contribution is 2.21. The third kappa shape index (κ3) is 5.85. The zero-order valence-corrected chi connectivity index (χ0v) is 20.5. The van der Waals surface area contributed by atoms with Gasteiger partial charge in [-0.15, -0.1) is 24.0 Å². The second-order valence-electron chi connectivity index (χ2n) is 7.64. The van der Waals surface area contributed by atoms with Crippen LogP contribution in [0.2, 0.25) is 5.02 Å². The first-order valence-electron chi connectivity index (χ1n) is 10.6. The highest BCUT2D eigenvalue weighted by molar-refractivity contribution is 14.0. The molecule has 30 heavy (non-hydrogen) atoms. The van der Waals surface area contributed by atoms with Gasteiger partial charge >= 0.3 is 0 Å². The van der Waals surface area contributed by atoms with Crippen molar-refractivity contribution in [1.29, 1.82) is 0 Å². The topological polar surface area (TPSA) is 69.8 Å². The average molecular weight is 545 g/mol. The van der Waals surface area contributed by atoms with Crippen LogP contribution in [0.25, 0.3) is 11.4 Å². The van der Waals surface area contributed by atoms with E-state index in [-0.39, 0.29) is 24.0 Å². The number of aliphatic imine (C=N–C) groups is 1. The van der Waals surface area contributed by atoms with Gasteiger partial charge < -0.3 is 14.7 Å². The Labute approximate surface area is 200 Å². The normalized spacial score (nSPS) is 19.9. The van der Waals surface area contributed by atoms with Crippen molar-refractivity contribution in [2.24, 2.45) is 4.99 Å². The molecule has 1 N–H and O–H groups in total. The van der Waals surface area contributed by atoms with Crippen molar-refractivity contribution < 1.29 is 4.52 Å². The van der Waals surface area contributed by atoms with Gasteiger partial charge in [0, 0.05) is 42.7 Å². The molecule has 1 atom stereocenters. The zero-order valence-electron chi connectivity index (χ0n) is 17.4. The van der Waals surface area contributed by atoms with E-state index < -0.39 is 0 Å². The Morgan fingerprint density at radius 1 is 1.23 bits per heavy atom. The minimum Gasteiger partial charge on any atom is -0.357 e. The number of aromatic nitrogens is 2. The summed E-state index contributed by atoms with van der Waals surface area (Å²) in [4.78, 5) is 14.3. The van der Waals surface area contributed by atoms with Gasteiger partial charge in [0.05, 0.1) is 6.54 Å². The number of benzene rings is 1. The first kappa shape index (κ1) is 23.3. The van der Waals surface area contributed by atoms with E-state index in [9.17, 15) is 0 Å². The molecule has 2 fully saturated rings. The maximum atomic E-state index is 5.94. The summed E-state index contributed by atoms with van der Waals surface area (Å²) < 4.78 is 5.40.